The average Bonchev–Trinajstić information content (AvgIpc) is 2.78. The number of piperidine rings is 1. The summed E-state index contributed by atoms with van der Waals surface area (Å²) in [6, 6.07) is 12.3. The number of aryl methyl sites for hydroxylation is 1. The molecule has 0 aliphatic carbocycles. The van der Waals surface area contributed by atoms with Gasteiger partial charge in [-0.05, 0) is 62.6 Å². The number of hydrogen-bond acceptors (Lipinski definition) is 6. The van der Waals surface area contributed by atoms with Crippen molar-refractivity contribution < 1.29 is 27.5 Å². The normalized spacial score (nSPS) is 17.0. The van der Waals surface area contributed by atoms with Gasteiger partial charge < -0.3 is 14.8 Å². The van der Waals surface area contributed by atoms with Crippen LogP contribution in [0.1, 0.15) is 24.8 Å². The Balaban J connectivity index is 1.63. The number of amides is 1. The molecule has 1 unspecified atom stereocenters. The van der Waals surface area contributed by atoms with E-state index >= 15 is 0 Å². The number of ether oxygens (including phenoxy) is 2. The molecule has 1 heterocycles. The highest BCUT2D eigenvalue weighted by Gasteiger charge is 2.38. The molecule has 0 saturated carbocycles. The molecule has 1 saturated heterocycles. The number of sulfonamides is 1. The smallest absolute Gasteiger partial charge is 0.324 e. The van der Waals surface area contributed by atoms with E-state index in [0.29, 0.717) is 30.7 Å². The second kappa shape index (κ2) is 9.93. The molecule has 2 aromatic rings. The van der Waals surface area contributed by atoms with Gasteiger partial charge in [-0.2, -0.15) is 4.31 Å². The third-order valence-electron chi connectivity index (χ3n) is 5.07. The maximum atomic E-state index is 13.1. The molecule has 0 aromatic heterocycles. The van der Waals surface area contributed by atoms with Crippen molar-refractivity contribution in [2.75, 3.05) is 25.6 Å². The first-order chi connectivity index (χ1) is 14.8. The fourth-order valence-corrected chi connectivity index (χ4v) is 5.02. The quantitative estimate of drug-likeness (QED) is 0.656. The van der Waals surface area contributed by atoms with Crippen LogP contribution in [0.4, 0.5) is 5.69 Å². The second-order valence-corrected chi connectivity index (χ2v) is 9.22. The fourth-order valence-electron chi connectivity index (χ4n) is 3.38. The summed E-state index contributed by atoms with van der Waals surface area (Å²) >= 11 is 0. The Morgan fingerprint density at radius 3 is 2.39 bits per heavy atom. The van der Waals surface area contributed by atoms with Gasteiger partial charge in [-0.1, -0.05) is 17.7 Å². The number of methoxy groups -OCH3 is 1. The van der Waals surface area contributed by atoms with Crippen molar-refractivity contribution in [3.05, 3.63) is 54.1 Å². The van der Waals surface area contributed by atoms with Gasteiger partial charge in [0.1, 0.15) is 11.8 Å². The van der Waals surface area contributed by atoms with E-state index in [-0.39, 0.29) is 11.4 Å². The van der Waals surface area contributed by atoms with Crippen molar-refractivity contribution in [3.8, 4) is 5.75 Å². The Morgan fingerprint density at radius 1 is 1.06 bits per heavy atom. The van der Waals surface area contributed by atoms with E-state index < -0.39 is 34.5 Å². The minimum absolute atomic E-state index is 0.134. The zero-order chi connectivity index (χ0) is 22.4. The van der Waals surface area contributed by atoms with Crippen LogP contribution in [0.25, 0.3) is 0 Å². The van der Waals surface area contributed by atoms with Gasteiger partial charge in [0.25, 0.3) is 5.91 Å². The van der Waals surface area contributed by atoms with E-state index in [9.17, 15) is 18.0 Å². The molecule has 1 amide bonds. The van der Waals surface area contributed by atoms with Crippen LogP contribution in [-0.4, -0.2) is 50.9 Å². The van der Waals surface area contributed by atoms with Crippen molar-refractivity contribution in [1.82, 2.24) is 4.31 Å². The minimum atomic E-state index is -3.85. The van der Waals surface area contributed by atoms with E-state index in [2.05, 4.69) is 5.32 Å². The lowest BCUT2D eigenvalue weighted by Crippen LogP contribution is -2.48. The molecular formula is C22H26N2O6S. The second-order valence-electron chi connectivity index (χ2n) is 7.32. The van der Waals surface area contributed by atoms with Gasteiger partial charge in [0.2, 0.25) is 10.0 Å². The Kier molecular flexibility index (Phi) is 7.29. The molecule has 1 aliphatic heterocycles. The summed E-state index contributed by atoms with van der Waals surface area (Å²) in [5, 5.41) is 2.62. The van der Waals surface area contributed by atoms with Gasteiger partial charge in [-0.25, -0.2) is 8.42 Å². The zero-order valence-corrected chi connectivity index (χ0v) is 18.4. The molecule has 1 fully saturated rings. The van der Waals surface area contributed by atoms with E-state index in [1.54, 1.807) is 43.5 Å². The number of nitrogens with zero attached hydrogens (tertiary/aromatic N) is 1. The molecule has 1 atom stereocenters. The van der Waals surface area contributed by atoms with Gasteiger partial charge in [-0.15, -0.1) is 0 Å². The standard InChI is InChI=1S/C22H26N2O6S/c1-16-6-12-19(13-7-16)31(27,28)24-14-4-3-5-20(24)22(26)30-15-21(25)23-17-8-10-18(29-2)11-9-17/h6-13,20H,3-5,14-15H2,1-2H3,(H,23,25). The van der Waals surface area contributed by atoms with Crippen LogP contribution in [0.2, 0.25) is 0 Å². The predicted octanol–water partition coefficient (Wildman–Crippen LogP) is 2.73. The van der Waals surface area contributed by atoms with Crippen LogP contribution >= 0.6 is 0 Å². The summed E-state index contributed by atoms with van der Waals surface area (Å²) in [5.41, 5.74) is 1.47. The van der Waals surface area contributed by atoms with Crippen LogP contribution in [0.3, 0.4) is 0 Å². The Labute approximate surface area is 182 Å². The van der Waals surface area contributed by atoms with Crippen LogP contribution < -0.4 is 10.1 Å². The van der Waals surface area contributed by atoms with Crippen LogP contribution in [0, 0.1) is 6.92 Å². The Bertz CT molecular complexity index is 1020. The monoisotopic (exact) mass is 446 g/mol. The number of carbonyl (C=O) groups excluding carboxylic acids is 2. The first-order valence-corrected chi connectivity index (χ1v) is 11.4. The SMILES string of the molecule is COc1ccc(NC(=O)COC(=O)C2CCCCN2S(=O)(=O)c2ccc(C)cc2)cc1. The number of nitrogens with one attached hydrogen (secondary N) is 1. The molecular weight excluding hydrogens is 420 g/mol. The summed E-state index contributed by atoms with van der Waals surface area (Å²) in [5.74, 6) is -0.584. The third-order valence-corrected chi connectivity index (χ3v) is 7.00. The number of benzene rings is 2. The molecule has 2 aromatic carbocycles. The Morgan fingerprint density at radius 2 is 1.74 bits per heavy atom. The first-order valence-electron chi connectivity index (χ1n) is 10.0. The van der Waals surface area contributed by atoms with Crippen LogP contribution in [-0.2, 0) is 24.3 Å². The molecule has 31 heavy (non-hydrogen) atoms. The number of hydrogen-bond donors (Lipinski definition) is 1. The summed E-state index contributed by atoms with van der Waals surface area (Å²) in [6.07, 6.45) is 1.72. The summed E-state index contributed by atoms with van der Waals surface area (Å²) in [7, 11) is -2.30. The van der Waals surface area contributed by atoms with Gasteiger partial charge in [-0.3, -0.25) is 9.59 Å². The summed E-state index contributed by atoms with van der Waals surface area (Å²) in [4.78, 5) is 24.9. The van der Waals surface area contributed by atoms with E-state index in [0.717, 1.165) is 5.56 Å². The number of rotatable bonds is 7. The molecule has 8 nitrogen and oxygen atoms in total. The maximum Gasteiger partial charge on any atom is 0.324 e. The molecule has 1 aliphatic rings. The number of esters is 1. The van der Waals surface area contributed by atoms with E-state index in [4.69, 9.17) is 9.47 Å². The number of anilines is 1. The highest BCUT2D eigenvalue weighted by molar-refractivity contribution is 7.89. The van der Waals surface area contributed by atoms with Crippen molar-refractivity contribution >= 4 is 27.6 Å². The van der Waals surface area contributed by atoms with Crippen molar-refractivity contribution in [1.29, 1.82) is 0 Å². The fraction of sp³-hybridized carbons (Fsp3) is 0.364. The van der Waals surface area contributed by atoms with Crippen molar-refractivity contribution in [2.24, 2.45) is 0 Å². The predicted molar refractivity (Wildman–Crippen MR) is 115 cm³/mol. The van der Waals surface area contributed by atoms with Gasteiger partial charge in [0.05, 0.1) is 12.0 Å². The third kappa shape index (κ3) is 5.62. The average molecular weight is 447 g/mol. The molecule has 3 rings (SSSR count). The number of carbonyl (C=O) groups is 2. The van der Waals surface area contributed by atoms with Crippen LogP contribution in [0.15, 0.2) is 53.4 Å². The summed E-state index contributed by atoms with van der Waals surface area (Å²) < 4.78 is 37.6. The van der Waals surface area contributed by atoms with E-state index in [1.165, 1.54) is 16.4 Å². The van der Waals surface area contributed by atoms with E-state index in [1.807, 2.05) is 6.92 Å². The van der Waals surface area contributed by atoms with Gasteiger partial charge in [0, 0.05) is 12.2 Å². The molecule has 1 N–H and O–H groups in total. The molecule has 0 radical (unpaired) electrons. The highest BCUT2D eigenvalue weighted by Crippen LogP contribution is 2.26. The molecule has 0 spiro atoms. The minimum Gasteiger partial charge on any atom is -0.497 e. The first kappa shape index (κ1) is 22.8. The molecule has 0 bridgehead atoms. The lowest BCUT2D eigenvalue weighted by atomic mass is 10.1. The topological polar surface area (TPSA) is 102 Å². The maximum absolute atomic E-state index is 13.1. The highest BCUT2D eigenvalue weighted by atomic mass is 32.2. The van der Waals surface area contributed by atoms with Gasteiger partial charge in [0.15, 0.2) is 6.61 Å². The molecule has 166 valence electrons. The largest absolute Gasteiger partial charge is 0.497 e. The summed E-state index contributed by atoms with van der Waals surface area (Å²) in [6.45, 7) is 1.60. The van der Waals surface area contributed by atoms with Crippen molar-refractivity contribution in [3.63, 3.8) is 0 Å². The van der Waals surface area contributed by atoms with Crippen molar-refractivity contribution in [2.45, 2.75) is 37.1 Å². The zero-order valence-electron chi connectivity index (χ0n) is 17.5. The Hall–Kier alpha value is -2.91. The van der Waals surface area contributed by atoms with Gasteiger partial charge >= 0.3 is 5.97 Å². The molecule has 9 heteroatoms. The lowest BCUT2D eigenvalue weighted by molar-refractivity contribution is -0.152. The lowest BCUT2D eigenvalue weighted by Gasteiger charge is -2.33. The van der Waals surface area contributed by atoms with Crippen LogP contribution in [0.5, 0.6) is 5.75 Å².